The fourth-order valence-corrected chi connectivity index (χ4v) is 2.94. The van der Waals surface area contributed by atoms with Crippen LogP contribution >= 0.6 is 0 Å². The van der Waals surface area contributed by atoms with E-state index in [2.05, 4.69) is 5.32 Å². The lowest BCUT2D eigenvalue weighted by Gasteiger charge is -2.22. The van der Waals surface area contributed by atoms with E-state index in [1.807, 2.05) is 36.4 Å². The van der Waals surface area contributed by atoms with Gasteiger partial charge in [0.05, 0.1) is 12.6 Å². The largest absolute Gasteiger partial charge is 0.394 e. The van der Waals surface area contributed by atoms with E-state index in [-0.39, 0.29) is 24.5 Å². The molecule has 0 radical (unpaired) electrons. The molecule has 0 saturated heterocycles. The van der Waals surface area contributed by atoms with Gasteiger partial charge in [0.1, 0.15) is 5.82 Å². The minimum Gasteiger partial charge on any atom is -0.394 e. The van der Waals surface area contributed by atoms with Crippen LogP contribution < -0.4 is 5.32 Å². The van der Waals surface area contributed by atoms with E-state index >= 15 is 0 Å². The molecule has 2 N–H and O–H groups in total. The zero-order chi connectivity index (χ0) is 13.9. The summed E-state index contributed by atoms with van der Waals surface area (Å²) >= 11 is 0. The van der Waals surface area contributed by atoms with Crippen LogP contribution in [0.4, 0.5) is 4.39 Å². The molecule has 1 aliphatic carbocycles. The molecule has 0 spiro atoms. The summed E-state index contributed by atoms with van der Waals surface area (Å²) in [6.07, 6.45) is 1.83. The van der Waals surface area contributed by atoms with Gasteiger partial charge in [0.15, 0.2) is 0 Å². The number of hydrogen-bond acceptors (Lipinski definition) is 2. The number of fused-ring (bicyclic) bond motifs is 1. The molecule has 0 fully saturated rings. The molecule has 2 aromatic rings. The second-order valence-electron chi connectivity index (χ2n) is 5.25. The number of aliphatic hydroxyl groups excluding tert-OH is 1. The SMILES string of the molecule is OCC(NC1CCc2cc(F)ccc21)c1ccccc1. The Morgan fingerprint density at radius 2 is 2.00 bits per heavy atom. The lowest BCUT2D eigenvalue weighted by Crippen LogP contribution is -2.27. The summed E-state index contributed by atoms with van der Waals surface area (Å²) in [5.41, 5.74) is 3.30. The van der Waals surface area contributed by atoms with Gasteiger partial charge in [-0.15, -0.1) is 0 Å². The molecule has 2 nitrogen and oxygen atoms in total. The van der Waals surface area contributed by atoms with E-state index in [4.69, 9.17) is 0 Å². The van der Waals surface area contributed by atoms with Crippen LogP contribution in [-0.2, 0) is 6.42 Å². The van der Waals surface area contributed by atoms with Crippen molar-refractivity contribution in [3.05, 3.63) is 71.0 Å². The summed E-state index contributed by atoms with van der Waals surface area (Å²) < 4.78 is 13.2. The van der Waals surface area contributed by atoms with Crippen molar-refractivity contribution in [1.82, 2.24) is 5.32 Å². The molecule has 0 aliphatic heterocycles. The number of aliphatic hydroxyl groups is 1. The average Bonchev–Trinajstić information content (AvgIpc) is 2.87. The molecular formula is C17H18FNO. The molecule has 104 valence electrons. The first-order valence-electron chi connectivity index (χ1n) is 6.98. The summed E-state index contributed by atoms with van der Waals surface area (Å²) in [6.45, 7) is 0.0526. The van der Waals surface area contributed by atoms with Crippen LogP contribution in [0.15, 0.2) is 48.5 Å². The van der Waals surface area contributed by atoms with Crippen molar-refractivity contribution >= 4 is 0 Å². The number of aryl methyl sites for hydroxylation is 1. The van der Waals surface area contributed by atoms with Crippen molar-refractivity contribution in [1.29, 1.82) is 0 Å². The Hall–Kier alpha value is -1.71. The van der Waals surface area contributed by atoms with Gasteiger partial charge < -0.3 is 10.4 Å². The maximum atomic E-state index is 13.2. The zero-order valence-electron chi connectivity index (χ0n) is 11.2. The molecular weight excluding hydrogens is 253 g/mol. The normalized spacial score (nSPS) is 18.8. The Kier molecular flexibility index (Phi) is 3.81. The van der Waals surface area contributed by atoms with E-state index in [0.29, 0.717) is 0 Å². The quantitative estimate of drug-likeness (QED) is 0.895. The lowest BCUT2D eigenvalue weighted by molar-refractivity contribution is 0.233. The van der Waals surface area contributed by atoms with Crippen LogP contribution in [0.25, 0.3) is 0 Å². The van der Waals surface area contributed by atoms with Crippen molar-refractivity contribution in [3.8, 4) is 0 Å². The minimum absolute atomic E-state index is 0.0526. The standard InChI is InChI=1S/C17H18FNO/c18-14-7-8-15-13(10-14)6-9-16(15)19-17(11-20)12-4-2-1-3-5-12/h1-5,7-8,10,16-17,19-20H,6,9,11H2. The highest BCUT2D eigenvalue weighted by molar-refractivity contribution is 5.35. The molecule has 2 atom stereocenters. The smallest absolute Gasteiger partial charge is 0.123 e. The van der Waals surface area contributed by atoms with Gasteiger partial charge >= 0.3 is 0 Å². The Morgan fingerprint density at radius 3 is 2.75 bits per heavy atom. The second-order valence-corrected chi connectivity index (χ2v) is 5.25. The number of benzene rings is 2. The first-order valence-corrected chi connectivity index (χ1v) is 6.98. The van der Waals surface area contributed by atoms with Crippen molar-refractivity contribution in [2.24, 2.45) is 0 Å². The first-order chi connectivity index (χ1) is 9.78. The highest BCUT2D eigenvalue weighted by Gasteiger charge is 2.25. The topological polar surface area (TPSA) is 32.3 Å². The molecule has 0 amide bonds. The Balaban J connectivity index is 1.79. The molecule has 3 heteroatoms. The maximum Gasteiger partial charge on any atom is 0.123 e. The summed E-state index contributed by atoms with van der Waals surface area (Å²) in [6, 6.07) is 15.0. The van der Waals surface area contributed by atoms with Gasteiger partial charge in [-0.25, -0.2) is 4.39 Å². The zero-order valence-corrected chi connectivity index (χ0v) is 11.2. The Bertz CT molecular complexity index is 585. The number of halogens is 1. The van der Waals surface area contributed by atoms with Crippen LogP contribution in [0.5, 0.6) is 0 Å². The van der Waals surface area contributed by atoms with Gasteiger partial charge in [0.2, 0.25) is 0 Å². The van der Waals surface area contributed by atoms with Crippen LogP contribution in [-0.4, -0.2) is 11.7 Å². The third kappa shape index (κ3) is 2.60. The fraction of sp³-hybridized carbons (Fsp3) is 0.294. The highest BCUT2D eigenvalue weighted by Crippen LogP contribution is 2.33. The summed E-state index contributed by atoms with van der Waals surface area (Å²) in [7, 11) is 0. The minimum atomic E-state index is -0.175. The van der Waals surface area contributed by atoms with Gasteiger partial charge in [-0.1, -0.05) is 36.4 Å². The predicted octanol–water partition coefficient (Wildman–Crippen LogP) is 3.14. The molecule has 2 unspecified atom stereocenters. The van der Waals surface area contributed by atoms with E-state index in [1.54, 1.807) is 6.07 Å². The molecule has 0 bridgehead atoms. The summed E-state index contributed by atoms with van der Waals surface area (Å²) in [5.74, 6) is -0.175. The second kappa shape index (κ2) is 5.73. The predicted molar refractivity (Wildman–Crippen MR) is 76.9 cm³/mol. The average molecular weight is 271 g/mol. The Labute approximate surface area is 118 Å². The van der Waals surface area contributed by atoms with Gasteiger partial charge in [-0.3, -0.25) is 0 Å². The van der Waals surface area contributed by atoms with Crippen molar-refractivity contribution in [2.75, 3.05) is 6.61 Å². The van der Waals surface area contributed by atoms with E-state index in [9.17, 15) is 9.50 Å². The van der Waals surface area contributed by atoms with Crippen LogP contribution in [0.1, 0.15) is 35.2 Å². The number of nitrogens with one attached hydrogen (secondary N) is 1. The number of hydrogen-bond donors (Lipinski definition) is 2. The summed E-state index contributed by atoms with van der Waals surface area (Å²) in [5, 5.41) is 13.1. The third-order valence-electron chi connectivity index (χ3n) is 3.97. The van der Waals surface area contributed by atoms with Crippen LogP contribution in [0.2, 0.25) is 0 Å². The van der Waals surface area contributed by atoms with Gasteiger partial charge in [-0.2, -0.15) is 0 Å². The molecule has 1 aliphatic rings. The van der Waals surface area contributed by atoms with E-state index < -0.39 is 0 Å². The fourth-order valence-electron chi connectivity index (χ4n) is 2.94. The van der Waals surface area contributed by atoms with E-state index in [1.165, 1.54) is 6.07 Å². The van der Waals surface area contributed by atoms with Crippen molar-refractivity contribution < 1.29 is 9.50 Å². The highest BCUT2D eigenvalue weighted by atomic mass is 19.1. The Morgan fingerprint density at radius 1 is 1.20 bits per heavy atom. The number of rotatable bonds is 4. The van der Waals surface area contributed by atoms with Crippen molar-refractivity contribution in [3.63, 3.8) is 0 Å². The van der Waals surface area contributed by atoms with Crippen molar-refractivity contribution in [2.45, 2.75) is 24.9 Å². The molecule has 0 aromatic heterocycles. The van der Waals surface area contributed by atoms with E-state index in [0.717, 1.165) is 29.5 Å². The molecule has 2 aromatic carbocycles. The van der Waals surface area contributed by atoms with Gasteiger partial charge in [0.25, 0.3) is 0 Å². The van der Waals surface area contributed by atoms with Gasteiger partial charge in [0, 0.05) is 6.04 Å². The summed E-state index contributed by atoms with van der Waals surface area (Å²) in [4.78, 5) is 0. The van der Waals surface area contributed by atoms with Gasteiger partial charge in [-0.05, 0) is 41.7 Å². The lowest BCUT2D eigenvalue weighted by atomic mass is 10.0. The molecule has 3 rings (SSSR count). The maximum absolute atomic E-state index is 13.2. The first kappa shape index (κ1) is 13.3. The van der Waals surface area contributed by atoms with Crippen LogP contribution in [0.3, 0.4) is 0 Å². The molecule has 20 heavy (non-hydrogen) atoms. The monoisotopic (exact) mass is 271 g/mol. The third-order valence-corrected chi connectivity index (χ3v) is 3.97. The van der Waals surface area contributed by atoms with Crippen LogP contribution in [0, 0.1) is 5.82 Å². The molecule has 0 saturated carbocycles. The molecule has 0 heterocycles.